The molecule has 178 valence electrons. The number of nitrogens with one attached hydrogen (secondary N) is 1. The molecular weight excluding hydrogens is 579 g/mol. The minimum Gasteiger partial charge on any atom is -0.446 e. The molecule has 33 heavy (non-hydrogen) atoms. The van der Waals surface area contributed by atoms with Crippen LogP contribution in [0.2, 0.25) is 0 Å². The van der Waals surface area contributed by atoms with Gasteiger partial charge < -0.3 is 10.1 Å². The highest BCUT2D eigenvalue weighted by Gasteiger charge is 2.65. The predicted octanol–water partition coefficient (Wildman–Crippen LogP) is 5.29. The third-order valence-corrected chi connectivity index (χ3v) is 7.16. The molecule has 0 unspecified atom stereocenters. The van der Waals surface area contributed by atoms with E-state index in [4.69, 9.17) is 4.74 Å². The van der Waals surface area contributed by atoms with Gasteiger partial charge in [0.15, 0.2) is 19.4 Å². The SMILES string of the molecule is CC/C(C(=O)Nc1cccc(S(C)(=O)=O)c1)=C(\I)Oc1ccc(C2(C(F)(F)F)CC2)nc1F. The van der Waals surface area contributed by atoms with E-state index in [9.17, 15) is 30.8 Å². The minimum atomic E-state index is -4.52. The molecule has 0 saturated heterocycles. The van der Waals surface area contributed by atoms with E-state index in [-0.39, 0.29) is 39.2 Å². The Morgan fingerprint density at radius 2 is 1.91 bits per heavy atom. The van der Waals surface area contributed by atoms with Crippen LogP contribution in [0.1, 0.15) is 31.9 Å². The molecule has 1 fully saturated rings. The van der Waals surface area contributed by atoms with Gasteiger partial charge in [-0.2, -0.15) is 17.6 Å². The first-order chi connectivity index (χ1) is 15.3. The number of pyridine rings is 1. The summed E-state index contributed by atoms with van der Waals surface area (Å²) in [7, 11) is -3.48. The van der Waals surface area contributed by atoms with E-state index in [0.717, 1.165) is 18.4 Å². The summed E-state index contributed by atoms with van der Waals surface area (Å²) in [6.45, 7) is 1.65. The molecule has 0 bridgehead atoms. The summed E-state index contributed by atoms with van der Waals surface area (Å²) in [6, 6.07) is 7.79. The molecule has 0 atom stereocenters. The Morgan fingerprint density at radius 1 is 1.24 bits per heavy atom. The molecule has 6 nitrogen and oxygen atoms in total. The van der Waals surface area contributed by atoms with Crippen molar-refractivity contribution in [3.8, 4) is 5.75 Å². The number of nitrogens with zero attached hydrogens (tertiary/aromatic N) is 1. The maximum atomic E-state index is 14.4. The number of alkyl halides is 3. The lowest BCUT2D eigenvalue weighted by molar-refractivity contribution is -0.161. The number of hydrogen-bond donors (Lipinski definition) is 1. The molecule has 1 heterocycles. The standard InChI is InChI=1S/C21H19F4IN2O4S/c1-3-14(19(29)27-12-5-4-6-13(11-12)33(2,30)31)18(26)32-15-7-8-16(28-17(15)22)20(9-10-20)21(23,24)25/h4-8,11H,3,9-10H2,1-2H3,(H,27,29)/b18-14-. The summed E-state index contributed by atoms with van der Waals surface area (Å²) >= 11 is 1.68. The predicted molar refractivity (Wildman–Crippen MR) is 121 cm³/mol. The lowest BCUT2D eigenvalue weighted by Crippen LogP contribution is -2.29. The van der Waals surface area contributed by atoms with E-state index in [1.807, 2.05) is 0 Å². The maximum Gasteiger partial charge on any atom is 0.399 e. The van der Waals surface area contributed by atoms with Gasteiger partial charge in [0.1, 0.15) is 5.41 Å². The van der Waals surface area contributed by atoms with Gasteiger partial charge in [-0.3, -0.25) is 4.79 Å². The molecule has 1 amide bonds. The molecule has 2 aromatic rings. The molecule has 1 aromatic carbocycles. The number of ether oxygens (including phenoxy) is 1. The molecule has 1 aliphatic rings. The van der Waals surface area contributed by atoms with Gasteiger partial charge in [0.25, 0.3) is 11.9 Å². The zero-order valence-electron chi connectivity index (χ0n) is 17.5. The molecule has 1 aromatic heterocycles. The first kappa shape index (κ1) is 25.4. The number of amides is 1. The van der Waals surface area contributed by atoms with Gasteiger partial charge in [0, 0.05) is 34.5 Å². The minimum absolute atomic E-state index is 0.00252. The average Bonchev–Trinajstić information content (AvgIpc) is 3.52. The summed E-state index contributed by atoms with van der Waals surface area (Å²) < 4.78 is 83.0. The van der Waals surface area contributed by atoms with Crippen molar-refractivity contribution in [1.82, 2.24) is 4.98 Å². The summed E-state index contributed by atoms with van der Waals surface area (Å²) in [4.78, 5) is 16.2. The van der Waals surface area contributed by atoms with Crippen molar-refractivity contribution < 1.29 is 35.5 Å². The van der Waals surface area contributed by atoms with E-state index in [0.29, 0.717) is 0 Å². The normalized spacial score (nSPS) is 16.1. The van der Waals surface area contributed by atoms with E-state index in [2.05, 4.69) is 10.3 Å². The van der Waals surface area contributed by atoms with Crippen LogP contribution in [0.5, 0.6) is 5.75 Å². The smallest absolute Gasteiger partial charge is 0.399 e. The molecule has 0 radical (unpaired) electrons. The van der Waals surface area contributed by atoms with Crippen LogP contribution in [-0.4, -0.2) is 31.7 Å². The number of carbonyl (C=O) groups excluding carboxylic acids is 1. The quantitative estimate of drug-likeness (QED) is 0.154. The van der Waals surface area contributed by atoms with Crippen molar-refractivity contribution in [1.29, 1.82) is 0 Å². The molecule has 12 heteroatoms. The van der Waals surface area contributed by atoms with Crippen LogP contribution in [0, 0.1) is 5.95 Å². The van der Waals surface area contributed by atoms with Gasteiger partial charge in [-0.25, -0.2) is 13.4 Å². The zero-order valence-corrected chi connectivity index (χ0v) is 20.4. The fourth-order valence-corrected chi connectivity index (χ4v) is 4.66. The van der Waals surface area contributed by atoms with Crippen LogP contribution < -0.4 is 10.1 Å². The molecular formula is C21H19F4IN2O4S. The Morgan fingerprint density at radius 3 is 2.42 bits per heavy atom. The highest BCUT2D eigenvalue weighted by atomic mass is 127. The number of carbonyl (C=O) groups is 1. The van der Waals surface area contributed by atoms with Crippen molar-refractivity contribution in [3.05, 3.63) is 57.4 Å². The number of aromatic nitrogens is 1. The van der Waals surface area contributed by atoms with Gasteiger partial charge in [-0.05, 0) is 49.6 Å². The Kier molecular flexibility index (Phi) is 7.08. The Balaban J connectivity index is 1.81. The van der Waals surface area contributed by atoms with Crippen molar-refractivity contribution in [2.75, 3.05) is 11.6 Å². The highest BCUT2D eigenvalue weighted by Crippen LogP contribution is 2.58. The van der Waals surface area contributed by atoms with E-state index < -0.39 is 44.7 Å². The summed E-state index contributed by atoms with van der Waals surface area (Å²) in [5.74, 6) is -2.24. The molecule has 1 saturated carbocycles. The maximum absolute atomic E-state index is 14.4. The second kappa shape index (κ2) is 9.20. The topological polar surface area (TPSA) is 85.4 Å². The van der Waals surface area contributed by atoms with Crippen LogP contribution >= 0.6 is 22.6 Å². The third-order valence-electron chi connectivity index (χ3n) is 5.18. The molecule has 1 aliphatic carbocycles. The molecule has 0 aliphatic heterocycles. The number of halogens is 5. The zero-order chi connectivity index (χ0) is 24.6. The van der Waals surface area contributed by atoms with Gasteiger partial charge in [0.05, 0.1) is 16.2 Å². The van der Waals surface area contributed by atoms with Crippen LogP contribution in [-0.2, 0) is 20.0 Å². The lowest BCUT2D eigenvalue weighted by Gasteiger charge is -2.19. The van der Waals surface area contributed by atoms with Gasteiger partial charge in [0.2, 0.25) is 0 Å². The fraction of sp³-hybridized carbons (Fsp3) is 0.333. The van der Waals surface area contributed by atoms with Crippen LogP contribution in [0.25, 0.3) is 0 Å². The van der Waals surface area contributed by atoms with Gasteiger partial charge in [-0.15, -0.1) is 0 Å². The summed E-state index contributed by atoms with van der Waals surface area (Å²) in [5.41, 5.74) is -2.17. The van der Waals surface area contributed by atoms with Crippen LogP contribution in [0.4, 0.5) is 23.2 Å². The number of rotatable bonds is 7. The molecule has 1 N–H and O–H groups in total. The van der Waals surface area contributed by atoms with E-state index in [1.165, 1.54) is 24.3 Å². The molecule has 0 spiro atoms. The molecule has 3 rings (SSSR count). The van der Waals surface area contributed by atoms with Crippen LogP contribution in [0.15, 0.2) is 50.6 Å². The monoisotopic (exact) mass is 598 g/mol. The fourth-order valence-electron chi connectivity index (χ4n) is 3.13. The Hall–Kier alpha value is -2.22. The third kappa shape index (κ3) is 5.48. The number of sulfone groups is 1. The van der Waals surface area contributed by atoms with Gasteiger partial charge in [-0.1, -0.05) is 13.0 Å². The van der Waals surface area contributed by atoms with Crippen molar-refractivity contribution in [2.45, 2.75) is 42.7 Å². The van der Waals surface area contributed by atoms with E-state index in [1.54, 1.807) is 29.5 Å². The number of benzene rings is 1. The first-order valence-electron chi connectivity index (χ1n) is 9.70. The largest absolute Gasteiger partial charge is 0.446 e. The first-order valence-corrected chi connectivity index (χ1v) is 12.7. The Bertz CT molecular complexity index is 1230. The van der Waals surface area contributed by atoms with Crippen molar-refractivity contribution in [2.24, 2.45) is 0 Å². The number of anilines is 1. The highest BCUT2D eigenvalue weighted by molar-refractivity contribution is 14.1. The lowest BCUT2D eigenvalue weighted by atomic mass is 10.0. The summed E-state index contributed by atoms with van der Waals surface area (Å²) in [5, 5.41) is 2.56. The second-order valence-electron chi connectivity index (χ2n) is 7.53. The van der Waals surface area contributed by atoms with E-state index >= 15 is 0 Å². The number of hydrogen-bond acceptors (Lipinski definition) is 5. The average molecular weight is 598 g/mol. The van der Waals surface area contributed by atoms with Crippen LogP contribution in [0.3, 0.4) is 0 Å². The second-order valence-corrected chi connectivity index (χ2v) is 10.5. The summed E-state index contributed by atoms with van der Waals surface area (Å²) in [6.07, 6.45) is -3.61. The van der Waals surface area contributed by atoms with Crippen molar-refractivity contribution in [3.63, 3.8) is 0 Å². The van der Waals surface area contributed by atoms with Crippen molar-refractivity contribution >= 4 is 44.0 Å². The van der Waals surface area contributed by atoms with Gasteiger partial charge >= 0.3 is 6.18 Å². The Labute approximate surface area is 201 Å².